The number of nitrogens with one attached hydrogen (secondary N) is 1. The van der Waals surface area contributed by atoms with Crippen LogP contribution in [0.25, 0.3) is 0 Å². The summed E-state index contributed by atoms with van der Waals surface area (Å²) in [4.78, 5) is 13.9. The van der Waals surface area contributed by atoms with Crippen LogP contribution in [0.2, 0.25) is 0 Å². The van der Waals surface area contributed by atoms with E-state index in [1.807, 2.05) is 19.9 Å². The normalized spacial score (nSPS) is 16.1. The second kappa shape index (κ2) is 6.42. The standard InChI is InChI=1S/C18H24N4/c1-4-15(16-10-5-7-12(2)19-16)21-18-20-13(3)11-17(22-18)14-8-6-9-14/h5,7,10-11,14-15H,4,6,8-9H2,1-3H3,(H,20,21,22)/t15-/m1/s1. The second-order valence-corrected chi connectivity index (χ2v) is 6.19. The lowest BCUT2D eigenvalue weighted by Crippen LogP contribution is -2.17. The summed E-state index contributed by atoms with van der Waals surface area (Å²) >= 11 is 0. The first kappa shape index (κ1) is 14.9. The smallest absolute Gasteiger partial charge is 0.223 e. The topological polar surface area (TPSA) is 50.7 Å². The highest BCUT2D eigenvalue weighted by molar-refractivity contribution is 5.33. The van der Waals surface area contributed by atoms with Crippen LogP contribution in [-0.2, 0) is 0 Å². The summed E-state index contributed by atoms with van der Waals surface area (Å²) in [5, 5.41) is 3.47. The first-order chi connectivity index (χ1) is 10.7. The third kappa shape index (κ3) is 3.26. The van der Waals surface area contributed by atoms with Gasteiger partial charge in [0.2, 0.25) is 5.95 Å². The van der Waals surface area contributed by atoms with Gasteiger partial charge in [-0.2, -0.15) is 0 Å². The monoisotopic (exact) mass is 296 g/mol. The molecule has 2 aromatic rings. The van der Waals surface area contributed by atoms with Crippen molar-refractivity contribution in [2.45, 2.75) is 58.4 Å². The van der Waals surface area contributed by atoms with Gasteiger partial charge in [-0.15, -0.1) is 0 Å². The molecule has 0 aromatic carbocycles. The molecule has 1 atom stereocenters. The highest BCUT2D eigenvalue weighted by atomic mass is 15.1. The second-order valence-electron chi connectivity index (χ2n) is 6.19. The molecule has 2 aromatic heterocycles. The molecule has 0 saturated heterocycles. The van der Waals surface area contributed by atoms with Crippen molar-refractivity contribution in [2.24, 2.45) is 0 Å². The molecule has 22 heavy (non-hydrogen) atoms. The van der Waals surface area contributed by atoms with E-state index in [-0.39, 0.29) is 6.04 Å². The van der Waals surface area contributed by atoms with Crippen LogP contribution in [0.1, 0.15) is 67.3 Å². The van der Waals surface area contributed by atoms with Gasteiger partial charge in [0, 0.05) is 23.0 Å². The number of nitrogens with zero attached hydrogens (tertiary/aromatic N) is 3. The average Bonchev–Trinajstić information content (AvgIpc) is 2.42. The SMILES string of the molecule is CC[C@@H](Nc1nc(C)cc(C2CCC2)n1)c1cccc(C)n1. The van der Waals surface area contributed by atoms with E-state index in [9.17, 15) is 0 Å². The molecule has 0 spiro atoms. The summed E-state index contributed by atoms with van der Waals surface area (Å²) < 4.78 is 0. The van der Waals surface area contributed by atoms with E-state index in [4.69, 9.17) is 4.98 Å². The van der Waals surface area contributed by atoms with Crippen molar-refractivity contribution in [2.75, 3.05) is 5.32 Å². The Bertz CT molecular complexity index is 649. The third-order valence-electron chi connectivity index (χ3n) is 4.38. The van der Waals surface area contributed by atoms with E-state index in [1.54, 1.807) is 0 Å². The Balaban J connectivity index is 1.82. The summed E-state index contributed by atoms with van der Waals surface area (Å²) in [6.07, 6.45) is 4.78. The fraction of sp³-hybridized carbons (Fsp3) is 0.500. The molecule has 4 heteroatoms. The van der Waals surface area contributed by atoms with E-state index >= 15 is 0 Å². The molecule has 1 aliphatic carbocycles. The van der Waals surface area contributed by atoms with Gasteiger partial charge in [0.15, 0.2) is 0 Å². The van der Waals surface area contributed by atoms with E-state index in [2.05, 4.69) is 40.4 Å². The van der Waals surface area contributed by atoms with Gasteiger partial charge in [-0.3, -0.25) is 4.98 Å². The highest BCUT2D eigenvalue weighted by Crippen LogP contribution is 2.35. The fourth-order valence-electron chi connectivity index (χ4n) is 2.87. The van der Waals surface area contributed by atoms with Gasteiger partial charge in [-0.05, 0) is 51.3 Å². The van der Waals surface area contributed by atoms with Gasteiger partial charge in [-0.1, -0.05) is 19.4 Å². The Hall–Kier alpha value is -1.97. The molecular formula is C18H24N4. The lowest BCUT2D eigenvalue weighted by Gasteiger charge is -2.25. The highest BCUT2D eigenvalue weighted by Gasteiger charge is 2.22. The molecule has 0 bridgehead atoms. The summed E-state index contributed by atoms with van der Waals surface area (Å²) in [6, 6.07) is 8.42. The molecule has 1 N–H and O–H groups in total. The van der Waals surface area contributed by atoms with Crippen LogP contribution >= 0.6 is 0 Å². The van der Waals surface area contributed by atoms with Crippen LogP contribution in [-0.4, -0.2) is 15.0 Å². The van der Waals surface area contributed by atoms with Gasteiger partial charge < -0.3 is 5.32 Å². The van der Waals surface area contributed by atoms with Gasteiger partial charge in [0.05, 0.1) is 11.7 Å². The maximum absolute atomic E-state index is 4.74. The number of rotatable bonds is 5. The Morgan fingerprint density at radius 1 is 1.14 bits per heavy atom. The number of aryl methyl sites for hydroxylation is 2. The number of anilines is 1. The van der Waals surface area contributed by atoms with Crippen molar-refractivity contribution in [3.8, 4) is 0 Å². The zero-order chi connectivity index (χ0) is 15.5. The summed E-state index contributed by atoms with van der Waals surface area (Å²) in [7, 11) is 0. The first-order valence-corrected chi connectivity index (χ1v) is 8.21. The van der Waals surface area contributed by atoms with Gasteiger partial charge in [0.25, 0.3) is 0 Å². The lowest BCUT2D eigenvalue weighted by molar-refractivity contribution is 0.410. The van der Waals surface area contributed by atoms with Crippen LogP contribution in [0, 0.1) is 13.8 Å². The van der Waals surface area contributed by atoms with E-state index in [1.165, 1.54) is 25.0 Å². The first-order valence-electron chi connectivity index (χ1n) is 8.21. The molecule has 4 nitrogen and oxygen atoms in total. The average molecular weight is 296 g/mol. The van der Waals surface area contributed by atoms with Crippen molar-refractivity contribution >= 4 is 5.95 Å². The van der Waals surface area contributed by atoms with Crippen LogP contribution in [0.3, 0.4) is 0 Å². The van der Waals surface area contributed by atoms with Crippen molar-refractivity contribution < 1.29 is 0 Å². The summed E-state index contributed by atoms with van der Waals surface area (Å²) in [5.74, 6) is 1.36. The molecule has 0 amide bonds. The Labute approximate surface area is 132 Å². The van der Waals surface area contributed by atoms with Crippen molar-refractivity contribution in [1.29, 1.82) is 0 Å². The van der Waals surface area contributed by atoms with Crippen molar-refractivity contribution in [1.82, 2.24) is 15.0 Å². The maximum atomic E-state index is 4.74. The third-order valence-corrected chi connectivity index (χ3v) is 4.38. The molecule has 116 valence electrons. The van der Waals surface area contributed by atoms with E-state index < -0.39 is 0 Å². The summed E-state index contributed by atoms with van der Waals surface area (Å²) in [5.41, 5.74) is 4.32. The minimum atomic E-state index is 0.149. The Morgan fingerprint density at radius 3 is 2.59 bits per heavy atom. The van der Waals surface area contributed by atoms with Crippen molar-refractivity contribution in [3.63, 3.8) is 0 Å². The van der Waals surface area contributed by atoms with Gasteiger partial charge in [0.1, 0.15) is 0 Å². The molecular weight excluding hydrogens is 272 g/mol. The fourth-order valence-corrected chi connectivity index (χ4v) is 2.87. The van der Waals surface area contributed by atoms with Gasteiger partial charge in [-0.25, -0.2) is 9.97 Å². The number of hydrogen-bond acceptors (Lipinski definition) is 4. The molecule has 1 fully saturated rings. The largest absolute Gasteiger partial charge is 0.346 e. The molecule has 1 aliphatic rings. The predicted octanol–water partition coefficient (Wildman–Crippen LogP) is 4.32. The molecule has 3 rings (SSSR count). The van der Waals surface area contributed by atoms with E-state index in [0.717, 1.165) is 29.5 Å². The lowest BCUT2D eigenvalue weighted by atomic mass is 9.83. The Kier molecular flexibility index (Phi) is 4.36. The van der Waals surface area contributed by atoms with Crippen LogP contribution in [0.5, 0.6) is 0 Å². The zero-order valence-electron chi connectivity index (χ0n) is 13.6. The predicted molar refractivity (Wildman–Crippen MR) is 89.0 cm³/mol. The minimum absolute atomic E-state index is 0.149. The maximum Gasteiger partial charge on any atom is 0.223 e. The van der Waals surface area contributed by atoms with Crippen LogP contribution in [0.15, 0.2) is 24.3 Å². The Morgan fingerprint density at radius 2 is 1.95 bits per heavy atom. The molecule has 0 radical (unpaired) electrons. The number of hydrogen-bond donors (Lipinski definition) is 1. The van der Waals surface area contributed by atoms with Crippen LogP contribution in [0.4, 0.5) is 5.95 Å². The molecule has 2 heterocycles. The summed E-state index contributed by atoms with van der Waals surface area (Å²) in [6.45, 7) is 6.22. The number of pyridine rings is 1. The van der Waals surface area contributed by atoms with E-state index in [0.29, 0.717) is 5.92 Å². The zero-order valence-corrected chi connectivity index (χ0v) is 13.6. The minimum Gasteiger partial charge on any atom is -0.346 e. The number of aromatic nitrogens is 3. The quantitative estimate of drug-likeness (QED) is 0.892. The molecule has 0 aliphatic heterocycles. The van der Waals surface area contributed by atoms with Crippen LogP contribution < -0.4 is 5.32 Å². The molecule has 0 unspecified atom stereocenters. The molecule has 1 saturated carbocycles. The van der Waals surface area contributed by atoms with Crippen molar-refractivity contribution in [3.05, 3.63) is 47.0 Å². The van der Waals surface area contributed by atoms with Gasteiger partial charge >= 0.3 is 0 Å².